The van der Waals surface area contributed by atoms with Crippen molar-refractivity contribution in [2.45, 2.75) is 24.9 Å². The van der Waals surface area contributed by atoms with Crippen LogP contribution in [0, 0.1) is 0 Å². The molecule has 0 saturated heterocycles. The lowest BCUT2D eigenvalue weighted by atomic mass is 10.1. The highest BCUT2D eigenvalue weighted by Gasteiger charge is 2.13. The van der Waals surface area contributed by atoms with Crippen molar-refractivity contribution < 1.29 is 9.59 Å². The van der Waals surface area contributed by atoms with Gasteiger partial charge < -0.3 is 15.2 Å². The first-order chi connectivity index (χ1) is 15.4. The molecule has 2 aromatic carbocycles. The molecule has 0 bridgehead atoms. The van der Waals surface area contributed by atoms with E-state index in [1.54, 1.807) is 12.1 Å². The number of halogens is 2. The number of nitrogens with one attached hydrogen (secondary N) is 2. The summed E-state index contributed by atoms with van der Waals surface area (Å²) in [6.45, 7) is 2.47. The second-order valence-electron chi connectivity index (χ2n) is 6.98. The maximum Gasteiger partial charge on any atom is 0.251 e. The number of nitrogens with zero attached hydrogens (tertiary/aromatic N) is 3. The molecule has 1 aromatic heterocycles. The fourth-order valence-corrected chi connectivity index (χ4v) is 3.89. The molecule has 0 aliphatic carbocycles. The average molecular weight is 492 g/mol. The molecule has 1 heterocycles. The lowest BCUT2D eigenvalue weighted by Gasteiger charge is -2.07. The first-order valence-electron chi connectivity index (χ1n) is 10.0. The summed E-state index contributed by atoms with van der Waals surface area (Å²) in [6.07, 6.45) is 1.45. The Labute approximate surface area is 200 Å². The third-order valence-corrected chi connectivity index (χ3v) is 6.48. The molecule has 2 N–H and O–H groups in total. The van der Waals surface area contributed by atoms with E-state index in [1.165, 1.54) is 23.4 Å². The molecule has 0 saturated carbocycles. The van der Waals surface area contributed by atoms with Crippen LogP contribution in [0.25, 0.3) is 0 Å². The summed E-state index contributed by atoms with van der Waals surface area (Å²) in [5.74, 6) is 0.564. The largest absolute Gasteiger partial charge is 0.352 e. The lowest BCUT2D eigenvalue weighted by Crippen LogP contribution is -2.26. The molecule has 3 rings (SSSR count). The van der Waals surface area contributed by atoms with Crippen LogP contribution in [-0.2, 0) is 24.7 Å². The van der Waals surface area contributed by atoms with Gasteiger partial charge in [-0.25, -0.2) is 0 Å². The summed E-state index contributed by atoms with van der Waals surface area (Å²) in [5.41, 5.74) is 2.42. The van der Waals surface area contributed by atoms with Crippen molar-refractivity contribution in [2.24, 2.45) is 7.05 Å². The van der Waals surface area contributed by atoms with E-state index < -0.39 is 0 Å². The molecule has 10 heteroatoms. The predicted octanol–water partition coefficient (Wildman–Crippen LogP) is 4.39. The molecule has 0 aliphatic rings. The number of hydrogen-bond donors (Lipinski definition) is 2. The van der Waals surface area contributed by atoms with Gasteiger partial charge in [-0.1, -0.05) is 54.0 Å². The van der Waals surface area contributed by atoms with Crippen LogP contribution >= 0.6 is 35.0 Å². The van der Waals surface area contributed by atoms with Gasteiger partial charge >= 0.3 is 0 Å². The smallest absolute Gasteiger partial charge is 0.251 e. The first-order valence-corrected chi connectivity index (χ1v) is 11.7. The van der Waals surface area contributed by atoms with Gasteiger partial charge in [-0.05, 0) is 42.3 Å². The van der Waals surface area contributed by atoms with Crippen molar-refractivity contribution in [2.75, 3.05) is 17.6 Å². The average Bonchev–Trinajstić information content (AvgIpc) is 3.14. The third kappa shape index (κ3) is 6.48. The zero-order valence-corrected chi connectivity index (χ0v) is 20.0. The van der Waals surface area contributed by atoms with Gasteiger partial charge in [0.15, 0.2) is 5.16 Å². The molecule has 7 nitrogen and oxygen atoms in total. The van der Waals surface area contributed by atoms with E-state index in [2.05, 4.69) is 27.8 Å². The minimum absolute atomic E-state index is 0.113. The summed E-state index contributed by atoms with van der Waals surface area (Å²) >= 11 is 13.1. The Bertz CT molecular complexity index is 1100. The predicted molar refractivity (Wildman–Crippen MR) is 129 cm³/mol. The Morgan fingerprint density at radius 3 is 2.50 bits per heavy atom. The summed E-state index contributed by atoms with van der Waals surface area (Å²) in [5, 5.41) is 15.4. The van der Waals surface area contributed by atoms with Crippen molar-refractivity contribution in [3.05, 3.63) is 69.5 Å². The van der Waals surface area contributed by atoms with Crippen LogP contribution < -0.4 is 10.6 Å². The molecule has 0 fully saturated rings. The van der Waals surface area contributed by atoms with Crippen LogP contribution in [0.1, 0.15) is 28.7 Å². The van der Waals surface area contributed by atoms with E-state index in [0.717, 1.165) is 12.1 Å². The summed E-state index contributed by atoms with van der Waals surface area (Å²) in [6, 6.07) is 12.5. The number of carbonyl (C=O) groups excluding carboxylic acids is 2. The number of aromatic nitrogens is 3. The van der Waals surface area contributed by atoms with Crippen molar-refractivity contribution in [1.82, 2.24) is 20.1 Å². The molecule has 0 atom stereocenters. The van der Waals surface area contributed by atoms with Crippen molar-refractivity contribution in [3.63, 3.8) is 0 Å². The van der Waals surface area contributed by atoms with Crippen molar-refractivity contribution >= 4 is 52.5 Å². The Hall–Kier alpha value is -2.55. The Morgan fingerprint density at radius 2 is 1.81 bits per heavy atom. The Morgan fingerprint density at radius 1 is 1.06 bits per heavy atom. The highest BCUT2D eigenvalue weighted by Crippen LogP contribution is 2.22. The van der Waals surface area contributed by atoms with Gasteiger partial charge in [-0.2, -0.15) is 0 Å². The Kier molecular flexibility index (Phi) is 8.55. The number of aryl methyl sites for hydroxylation is 1. The molecule has 0 radical (unpaired) electrons. The lowest BCUT2D eigenvalue weighted by molar-refractivity contribution is -0.113. The highest BCUT2D eigenvalue weighted by molar-refractivity contribution is 7.99. The number of benzene rings is 2. The topological polar surface area (TPSA) is 88.9 Å². The molecule has 0 unspecified atom stereocenters. The standard InChI is InChI=1S/C22H23Cl2N5O2S/c1-3-14-4-7-16(8-5-14)26-20(30)13-32-22-28-27-19(29(22)2)10-11-25-21(31)15-6-9-17(23)18(24)12-15/h4-9,12H,3,10-11,13H2,1-2H3,(H,25,31)(H,26,30). The summed E-state index contributed by atoms with van der Waals surface area (Å²) in [7, 11) is 1.83. The molecular formula is C22H23Cl2N5O2S. The molecule has 0 spiro atoms. The summed E-state index contributed by atoms with van der Waals surface area (Å²) in [4.78, 5) is 24.5. The van der Waals surface area contributed by atoms with Gasteiger partial charge in [0, 0.05) is 31.3 Å². The number of amides is 2. The molecule has 32 heavy (non-hydrogen) atoms. The second-order valence-corrected chi connectivity index (χ2v) is 8.74. The number of hydrogen-bond acceptors (Lipinski definition) is 5. The number of carbonyl (C=O) groups is 2. The van der Waals surface area contributed by atoms with Crippen LogP contribution in [0.3, 0.4) is 0 Å². The zero-order valence-electron chi connectivity index (χ0n) is 17.7. The van der Waals surface area contributed by atoms with E-state index in [0.29, 0.717) is 39.6 Å². The van der Waals surface area contributed by atoms with Gasteiger partial charge in [0.1, 0.15) is 5.82 Å². The van der Waals surface area contributed by atoms with Crippen LogP contribution in [0.5, 0.6) is 0 Å². The van der Waals surface area contributed by atoms with Gasteiger partial charge in [-0.15, -0.1) is 10.2 Å². The highest BCUT2D eigenvalue weighted by atomic mass is 35.5. The van der Waals surface area contributed by atoms with Crippen molar-refractivity contribution in [1.29, 1.82) is 0 Å². The molecule has 0 aliphatic heterocycles. The monoisotopic (exact) mass is 491 g/mol. The van der Waals surface area contributed by atoms with E-state index >= 15 is 0 Å². The third-order valence-electron chi connectivity index (χ3n) is 4.72. The van der Waals surface area contributed by atoms with Crippen LogP contribution in [-0.4, -0.2) is 38.9 Å². The maximum absolute atomic E-state index is 12.2. The van der Waals surface area contributed by atoms with Gasteiger partial charge in [0.25, 0.3) is 5.91 Å². The number of anilines is 1. The molecule has 168 valence electrons. The van der Waals surface area contributed by atoms with Crippen molar-refractivity contribution in [3.8, 4) is 0 Å². The fourth-order valence-electron chi connectivity index (χ4n) is 2.87. The van der Waals surface area contributed by atoms with Crippen LogP contribution in [0.4, 0.5) is 5.69 Å². The first kappa shape index (κ1) is 24.1. The van der Waals surface area contributed by atoms with Gasteiger partial charge in [-0.3, -0.25) is 9.59 Å². The Balaban J connectivity index is 1.46. The molecule has 2 amide bonds. The zero-order chi connectivity index (χ0) is 23.1. The van der Waals surface area contributed by atoms with Crippen LogP contribution in [0.15, 0.2) is 47.6 Å². The number of thioether (sulfide) groups is 1. The second kappa shape index (κ2) is 11.4. The number of rotatable bonds is 9. The van der Waals surface area contributed by atoms with E-state index in [1.807, 2.05) is 35.9 Å². The maximum atomic E-state index is 12.2. The minimum Gasteiger partial charge on any atom is -0.352 e. The van der Waals surface area contributed by atoms with Crippen LogP contribution in [0.2, 0.25) is 10.0 Å². The summed E-state index contributed by atoms with van der Waals surface area (Å²) < 4.78 is 1.82. The SMILES string of the molecule is CCc1ccc(NC(=O)CSc2nnc(CCNC(=O)c3ccc(Cl)c(Cl)c3)n2C)cc1. The van der Waals surface area contributed by atoms with E-state index in [-0.39, 0.29) is 17.6 Å². The molecular weight excluding hydrogens is 469 g/mol. The molecule has 3 aromatic rings. The van der Waals surface area contributed by atoms with Gasteiger partial charge in [0.05, 0.1) is 15.8 Å². The fraction of sp³-hybridized carbons (Fsp3) is 0.273. The van der Waals surface area contributed by atoms with E-state index in [4.69, 9.17) is 23.2 Å². The van der Waals surface area contributed by atoms with Gasteiger partial charge in [0.2, 0.25) is 5.91 Å². The normalized spacial score (nSPS) is 10.8. The quantitative estimate of drug-likeness (QED) is 0.433. The van der Waals surface area contributed by atoms with E-state index in [9.17, 15) is 9.59 Å². The minimum atomic E-state index is -0.246.